The van der Waals surface area contributed by atoms with Crippen molar-refractivity contribution < 1.29 is 22.3 Å². The molecule has 2 bridgehead atoms. The number of fused-ring (bicyclic) bond motifs is 3. The van der Waals surface area contributed by atoms with Crippen LogP contribution in [-0.2, 0) is 16.4 Å². The number of benzene rings is 3. The van der Waals surface area contributed by atoms with Crippen molar-refractivity contribution in [1.29, 1.82) is 0 Å². The van der Waals surface area contributed by atoms with Gasteiger partial charge in [-0.1, -0.05) is 41.9 Å². The Kier molecular flexibility index (Phi) is 7.15. The third kappa shape index (κ3) is 4.85. The van der Waals surface area contributed by atoms with Gasteiger partial charge < -0.3 is 14.5 Å². The molecule has 1 amide bonds. The Balaban J connectivity index is 1.14. The topological polar surface area (TPSA) is 70.2 Å². The first-order valence-corrected chi connectivity index (χ1v) is 16.5. The lowest BCUT2D eigenvalue weighted by Crippen LogP contribution is -2.55. The second-order valence-electron chi connectivity index (χ2n) is 11.7. The Hall–Kier alpha value is -3.14. The molecule has 0 unspecified atom stereocenters. The summed E-state index contributed by atoms with van der Waals surface area (Å²) in [7, 11) is -3.69. The van der Waals surface area contributed by atoms with E-state index in [4.69, 9.17) is 16.3 Å². The molecular formula is C32H33ClFN3O4S. The quantitative estimate of drug-likeness (QED) is 0.383. The van der Waals surface area contributed by atoms with E-state index >= 15 is 0 Å². The van der Waals surface area contributed by atoms with E-state index in [0.717, 1.165) is 48.8 Å². The summed E-state index contributed by atoms with van der Waals surface area (Å²) in [5.74, 6) is 0.426. The van der Waals surface area contributed by atoms with Crippen molar-refractivity contribution in [3.05, 3.63) is 88.2 Å². The van der Waals surface area contributed by atoms with Gasteiger partial charge in [-0.15, -0.1) is 0 Å². The van der Waals surface area contributed by atoms with Crippen molar-refractivity contribution in [2.75, 3.05) is 37.7 Å². The summed E-state index contributed by atoms with van der Waals surface area (Å²) >= 11 is 6.21. The van der Waals surface area contributed by atoms with Gasteiger partial charge in [-0.05, 0) is 67.5 Å². The highest BCUT2D eigenvalue weighted by Gasteiger charge is 2.44. The van der Waals surface area contributed by atoms with Crippen molar-refractivity contribution in [2.45, 2.75) is 55.0 Å². The van der Waals surface area contributed by atoms with E-state index < -0.39 is 15.8 Å². The minimum atomic E-state index is -3.69. The number of nitrogens with zero attached hydrogens (tertiary/aromatic N) is 3. The van der Waals surface area contributed by atoms with Crippen LogP contribution in [0.15, 0.2) is 65.6 Å². The maximum absolute atomic E-state index is 14.0. The first-order valence-electron chi connectivity index (χ1n) is 14.7. The number of likely N-dealkylation sites (tertiary alicyclic amines) is 1. The zero-order valence-corrected chi connectivity index (χ0v) is 24.8. The maximum Gasteiger partial charge on any atom is 0.255 e. The van der Waals surface area contributed by atoms with Gasteiger partial charge >= 0.3 is 0 Å². The standard InChI is InChI=1S/C32H33ClFN3O4S/c33-29-17-24(34)6-9-28(29)32(38)35-19-25-7-8-26(20-35)37(25)30-18-27(16-23-12-15-41-31(23)30)42(39,40)36-13-10-22(11-14-36)21-4-2-1-3-5-21/h1-6,9,16-18,22,25-26H,7-8,10-15,19-20H2/t25-,26+. The van der Waals surface area contributed by atoms with Crippen LogP contribution in [0.1, 0.15) is 53.1 Å². The average Bonchev–Trinajstić information content (AvgIpc) is 3.58. The van der Waals surface area contributed by atoms with Crippen molar-refractivity contribution in [3.63, 3.8) is 0 Å². The molecule has 42 heavy (non-hydrogen) atoms. The number of carbonyl (C=O) groups excluding carboxylic acids is 1. The number of sulfonamides is 1. The molecule has 3 saturated heterocycles. The van der Waals surface area contributed by atoms with Gasteiger partial charge in [0.15, 0.2) is 0 Å². The molecule has 0 aromatic heterocycles. The van der Waals surface area contributed by atoms with Crippen LogP contribution in [0.5, 0.6) is 5.75 Å². The van der Waals surface area contributed by atoms with Gasteiger partial charge in [0.05, 0.1) is 27.8 Å². The number of hydrogen-bond acceptors (Lipinski definition) is 5. The van der Waals surface area contributed by atoms with E-state index in [0.29, 0.717) is 55.6 Å². The van der Waals surface area contributed by atoms with Crippen molar-refractivity contribution in [1.82, 2.24) is 9.21 Å². The van der Waals surface area contributed by atoms with E-state index in [1.165, 1.54) is 17.7 Å². The van der Waals surface area contributed by atoms with Crippen molar-refractivity contribution in [3.8, 4) is 5.75 Å². The van der Waals surface area contributed by atoms with Crippen molar-refractivity contribution >= 4 is 33.2 Å². The molecule has 7 nitrogen and oxygen atoms in total. The van der Waals surface area contributed by atoms with Gasteiger partial charge in [-0.25, -0.2) is 12.8 Å². The summed E-state index contributed by atoms with van der Waals surface area (Å²) in [5, 5.41) is 0.103. The monoisotopic (exact) mass is 609 g/mol. The Morgan fingerprint density at radius 2 is 1.64 bits per heavy atom. The van der Waals surface area contributed by atoms with Crippen LogP contribution >= 0.6 is 11.6 Å². The smallest absolute Gasteiger partial charge is 0.255 e. The highest BCUT2D eigenvalue weighted by atomic mass is 35.5. The lowest BCUT2D eigenvalue weighted by atomic mass is 9.90. The van der Waals surface area contributed by atoms with Crippen LogP contribution in [0.25, 0.3) is 0 Å². The molecule has 3 aromatic carbocycles. The van der Waals surface area contributed by atoms with E-state index in [1.54, 1.807) is 21.3 Å². The first-order chi connectivity index (χ1) is 20.3. The van der Waals surface area contributed by atoms with E-state index in [2.05, 4.69) is 17.0 Å². The maximum atomic E-state index is 14.0. The number of carbonyl (C=O) groups is 1. The molecule has 4 aliphatic heterocycles. The van der Waals surface area contributed by atoms with E-state index in [9.17, 15) is 17.6 Å². The number of rotatable bonds is 5. The Labute approximate surface area is 250 Å². The van der Waals surface area contributed by atoms with Gasteiger partial charge in [-0.3, -0.25) is 4.79 Å². The summed E-state index contributed by atoms with van der Waals surface area (Å²) in [5.41, 5.74) is 3.28. The molecule has 0 spiro atoms. The Morgan fingerprint density at radius 3 is 2.33 bits per heavy atom. The Morgan fingerprint density at radius 1 is 0.929 bits per heavy atom. The molecule has 4 heterocycles. The number of halogens is 2. The Bertz CT molecular complexity index is 1610. The first kappa shape index (κ1) is 27.7. The van der Waals surface area contributed by atoms with Gasteiger partial charge in [-0.2, -0.15) is 4.31 Å². The number of piperazine rings is 1. The fourth-order valence-corrected chi connectivity index (χ4v) is 8.99. The number of ether oxygens (including phenoxy) is 1. The number of amides is 1. The molecule has 220 valence electrons. The predicted molar refractivity (Wildman–Crippen MR) is 159 cm³/mol. The number of hydrogen-bond donors (Lipinski definition) is 0. The molecular weight excluding hydrogens is 577 g/mol. The van der Waals surface area contributed by atoms with Crippen LogP contribution in [0.3, 0.4) is 0 Å². The molecule has 10 heteroatoms. The summed E-state index contributed by atoms with van der Waals surface area (Å²) < 4.78 is 49.2. The van der Waals surface area contributed by atoms with Gasteiger partial charge in [0, 0.05) is 50.2 Å². The fourth-order valence-electron chi connectivity index (χ4n) is 7.20. The zero-order chi connectivity index (χ0) is 29.0. The molecule has 2 atom stereocenters. The molecule has 0 saturated carbocycles. The lowest BCUT2D eigenvalue weighted by molar-refractivity contribution is 0.0718. The third-order valence-corrected chi connectivity index (χ3v) is 11.5. The normalized spacial score (nSPS) is 22.7. The molecule has 7 rings (SSSR count). The lowest BCUT2D eigenvalue weighted by Gasteiger charge is -2.43. The predicted octanol–water partition coefficient (Wildman–Crippen LogP) is 5.48. The summed E-state index contributed by atoms with van der Waals surface area (Å²) in [6.07, 6.45) is 4.01. The highest BCUT2D eigenvalue weighted by Crippen LogP contribution is 2.45. The number of anilines is 1. The van der Waals surface area contributed by atoms with Crippen LogP contribution in [0.2, 0.25) is 5.02 Å². The third-order valence-electron chi connectivity index (χ3n) is 9.31. The largest absolute Gasteiger partial charge is 0.491 e. The minimum absolute atomic E-state index is 0.0137. The molecule has 0 aliphatic carbocycles. The zero-order valence-electron chi connectivity index (χ0n) is 23.2. The van der Waals surface area contributed by atoms with Gasteiger partial charge in [0.25, 0.3) is 5.91 Å². The molecule has 0 radical (unpaired) electrons. The van der Waals surface area contributed by atoms with Crippen molar-refractivity contribution in [2.24, 2.45) is 0 Å². The number of piperidine rings is 1. The van der Waals surface area contributed by atoms with Crippen LogP contribution in [0, 0.1) is 5.82 Å². The molecule has 4 aliphatic rings. The SMILES string of the molecule is O=C(c1ccc(F)cc1Cl)N1C[C@H]2CC[C@@H](C1)N2c1cc(S(=O)(=O)N2CCC(c3ccccc3)CC2)cc2c1OCC2. The minimum Gasteiger partial charge on any atom is -0.491 e. The van der Waals surface area contributed by atoms with E-state index in [-0.39, 0.29) is 23.0 Å². The summed E-state index contributed by atoms with van der Waals surface area (Å²) in [4.78, 5) is 17.7. The van der Waals surface area contributed by atoms with Gasteiger partial charge in [0.2, 0.25) is 10.0 Å². The fraction of sp³-hybridized carbons (Fsp3) is 0.406. The van der Waals surface area contributed by atoms with Crippen LogP contribution in [0.4, 0.5) is 10.1 Å². The molecule has 3 aromatic rings. The summed E-state index contributed by atoms with van der Waals surface area (Å²) in [6, 6.07) is 17.8. The van der Waals surface area contributed by atoms with Crippen LogP contribution < -0.4 is 9.64 Å². The van der Waals surface area contributed by atoms with Crippen LogP contribution in [-0.4, -0.2) is 68.4 Å². The average molecular weight is 610 g/mol. The summed E-state index contributed by atoms with van der Waals surface area (Å²) in [6.45, 7) is 2.44. The van der Waals surface area contributed by atoms with E-state index in [1.807, 2.05) is 18.2 Å². The van der Waals surface area contributed by atoms with Gasteiger partial charge in [0.1, 0.15) is 11.6 Å². The second kappa shape index (κ2) is 10.8. The highest BCUT2D eigenvalue weighted by molar-refractivity contribution is 7.89. The molecule has 0 N–H and O–H groups in total. The molecule has 3 fully saturated rings. The second-order valence-corrected chi connectivity index (χ2v) is 14.1.